The van der Waals surface area contributed by atoms with Gasteiger partial charge in [-0.25, -0.2) is 0 Å². The molecular weight excluding hydrogens is 314 g/mol. The molecule has 0 unspecified atom stereocenters. The van der Waals surface area contributed by atoms with E-state index in [2.05, 4.69) is 16.7 Å². The lowest BCUT2D eigenvalue weighted by Gasteiger charge is -2.27. The number of ether oxygens (including phenoxy) is 2. The maximum Gasteiger partial charge on any atom is 0.163 e. The molecule has 1 aliphatic carbocycles. The van der Waals surface area contributed by atoms with E-state index in [4.69, 9.17) is 14.5 Å². The molecule has 0 amide bonds. The van der Waals surface area contributed by atoms with Crippen molar-refractivity contribution in [2.24, 2.45) is 0 Å². The average Bonchev–Trinajstić information content (AvgIpc) is 3.10. The molecule has 1 fully saturated rings. The van der Waals surface area contributed by atoms with Crippen molar-refractivity contribution in [1.29, 1.82) is 0 Å². The van der Waals surface area contributed by atoms with E-state index in [0.717, 1.165) is 48.3 Å². The summed E-state index contributed by atoms with van der Waals surface area (Å²) in [6.45, 7) is 4.75. The number of pyridine rings is 1. The smallest absolute Gasteiger partial charge is 0.163 e. The molecule has 1 aromatic heterocycles. The summed E-state index contributed by atoms with van der Waals surface area (Å²) in [5.74, 6) is 1.55. The van der Waals surface area contributed by atoms with Crippen LogP contribution < -0.4 is 20.1 Å². The Bertz CT molecular complexity index is 769. The first-order chi connectivity index (χ1) is 12.3. The molecule has 0 radical (unpaired) electrons. The van der Waals surface area contributed by atoms with Crippen molar-refractivity contribution in [2.75, 3.05) is 32.1 Å². The molecule has 0 spiro atoms. The van der Waals surface area contributed by atoms with Gasteiger partial charge in [-0.3, -0.25) is 4.98 Å². The number of hydrogen-bond donors (Lipinski definition) is 2. The number of aromatic nitrogens is 1. The van der Waals surface area contributed by atoms with Crippen LogP contribution in [-0.4, -0.2) is 37.8 Å². The van der Waals surface area contributed by atoms with Crippen LogP contribution >= 0.6 is 0 Å². The first kappa shape index (κ1) is 16.5. The summed E-state index contributed by atoms with van der Waals surface area (Å²) in [5.41, 5.74) is 4.89. The second-order valence-corrected chi connectivity index (χ2v) is 6.91. The molecule has 0 bridgehead atoms. The Balaban J connectivity index is 1.83. The molecule has 2 heterocycles. The molecule has 5 heteroatoms. The van der Waals surface area contributed by atoms with Gasteiger partial charge < -0.3 is 20.1 Å². The Kier molecular flexibility index (Phi) is 4.66. The summed E-state index contributed by atoms with van der Waals surface area (Å²) in [7, 11) is 1.70. The largest absolute Gasteiger partial charge is 0.493 e. The fourth-order valence-electron chi connectivity index (χ4n) is 4.04. The van der Waals surface area contributed by atoms with Gasteiger partial charge in [-0.1, -0.05) is 0 Å². The van der Waals surface area contributed by atoms with Gasteiger partial charge in [-0.05, 0) is 57.2 Å². The van der Waals surface area contributed by atoms with Crippen LogP contribution in [0.1, 0.15) is 37.4 Å². The lowest BCUT2D eigenvalue weighted by molar-refractivity contribution is 0.311. The van der Waals surface area contributed by atoms with E-state index >= 15 is 0 Å². The van der Waals surface area contributed by atoms with E-state index < -0.39 is 0 Å². The van der Waals surface area contributed by atoms with Crippen molar-refractivity contribution >= 4 is 16.6 Å². The van der Waals surface area contributed by atoms with Crippen molar-refractivity contribution in [3.05, 3.63) is 23.4 Å². The molecule has 1 aliphatic heterocycles. The van der Waals surface area contributed by atoms with Crippen LogP contribution in [0.25, 0.3) is 10.9 Å². The number of piperidine rings is 1. The van der Waals surface area contributed by atoms with Gasteiger partial charge in [-0.15, -0.1) is 0 Å². The molecular formula is C20H27N3O2. The van der Waals surface area contributed by atoms with E-state index in [-0.39, 0.29) is 0 Å². The van der Waals surface area contributed by atoms with E-state index in [9.17, 15) is 0 Å². The third kappa shape index (κ3) is 3.13. The van der Waals surface area contributed by atoms with Gasteiger partial charge in [0, 0.05) is 35.4 Å². The zero-order chi connectivity index (χ0) is 17.2. The zero-order valence-electron chi connectivity index (χ0n) is 15.2. The van der Waals surface area contributed by atoms with Crippen LogP contribution in [0.4, 0.5) is 5.69 Å². The Hall–Kier alpha value is -2.01. The number of nitrogens with zero attached hydrogens (tertiary/aromatic N) is 1. The summed E-state index contributed by atoms with van der Waals surface area (Å²) in [6, 6.07) is 4.59. The predicted molar refractivity (Wildman–Crippen MR) is 101 cm³/mol. The van der Waals surface area contributed by atoms with Crippen LogP contribution in [0.2, 0.25) is 0 Å². The fourth-order valence-corrected chi connectivity index (χ4v) is 4.04. The summed E-state index contributed by atoms with van der Waals surface area (Å²) in [5, 5.41) is 8.47. The number of benzene rings is 1. The highest BCUT2D eigenvalue weighted by molar-refractivity contribution is 5.96. The minimum atomic E-state index is 0.474. The number of nitrogens with one attached hydrogen (secondary N) is 2. The molecule has 134 valence electrons. The second kappa shape index (κ2) is 7.08. The Labute approximate surface area is 149 Å². The third-order valence-corrected chi connectivity index (χ3v) is 5.24. The van der Waals surface area contributed by atoms with Crippen molar-refractivity contribution in [3.8, 4) is 11.5 Å². The minimum absolute atomic E-state index is 0.474. The van der Waals surface area contributed by atoms with Gasteiger partial charge in [-0.2, -0.15) is 0 Å². The fraction of sp³-hybridized carbons (Fsp3) is 0.550. The summed E-state index contributed by atoms with van der Waals surface area (Å²) < 4.78 is 11.3. The lowest BCUT2D eigenvalue weighted by Crippen LogP contribution is -2.38. The van der Waals surface area contributed by atoms with Crippen molar-refractivity contribution in [3.63, 3.8) is 0 Å². The summed E-state index contributed by atoms with van der Waals surface area (Å²) >= 11 is 0. The normalized spacial score (nSPS) is 19.7. The van der Waals surface area contributed by atoms with Crippen molar-refractivity contribution in [2.45, 2.75) is 45.1 Å². The van der Waals surface area contributed by atoms with Crippen LogP contribution in [0, 0.1) is 0 Å². The van der Waals surface area contributed by atoms with Gasteiger partial charge in [0.2, 0.25) is 0 Å². The van der Waals surface area contributed by atoms with Gasteiger partial charge in [0.25, 0.3) is 0 Å². The highest BCUT2D eigenvalue weighted by atomic mass is 16.5. The number of anilines is 1. The quantitative estimate of drug-likeness (QED) is 0.874. The molecule has 2 N–H and O–H groups in total. The maximum absolute atomic E-state index is 5.75. The first-order valence-electron chi connectivity index (χ1n) is 9.43. The zero-order valence-corrected chi connectivity index (χ0v) is 15.2. The highest BCUT2D eigenvalue weighted by Crippen LogP contribution is 2.40. The third-order valence-electron chi connectivity index (χ3n) is 5.24. The molecule has 2 aliphatic rings. The number of aryl methyl sites for hydroxylation is 1. The minimum Gasteiger partial charge on any atom is -0.493 e. The van der Waals surface area contributed by atoms with Gasteiger partial charge >= 0.3 is 0 Å². The summed E-state index contributed by atoms with van der Waals surface area (Å²) in [6.07, 6.45) is 5.79. The van der Waals surface area contributed by atoms with Gasteiger partial charge in [0.15, 0.2) is 11.5 Å². The molecule has 4 rings (SSSR count). The van der Waals surface area contributed by atoms with E-state index in [0.29, 0.717) is 12.6 Å². The predicted octanol–water partition coefficient (Wildman–Crippen LogP) is 3.29. The Morgan fingerprint density at radius 1 is 1.24 bits per heavy atom. The van der Waals surface area contributed by atoms with Gasteiger partial charge in [0.1, 0.15) is 0 Å². The van der Waals surface area contributed by atoms with E-state index in [1.54, 1.807) is 7.11 Å². The van der Waals surface area contributed by atoms with Crippen LogP contribution in [0.15, 0.2) is 12.1 Å². The number of methoxy groups -OCH3 is 1. The van der Waals surface area contributed by atoms with Crippen LogP contribution in [-0.2, 0) is 12.8 Å². The molecule has 1 saturated heterocycles. The monoisotopic (exact) mass is 341 g/mol. The van der Waals surface area contributed by atoms with Crippen LogP contribution in [0.5, 0.6) is 11.5 Å². The van der Waals surface area contributed by atoms with Gasteiger partial charge in [0.05, 0.1) is 19.2 Å². The highest BCUT2D eigenvalue weighted by Gasteiger charge is 2.23. The topological polar surface area (TPSA) is 55.4 Å². The lowest BCUT2D eigenvalue weighted by atomic mass is 10.0. The van der Waals surface area contributed by atoms with E-state index in [1.807, 2.05) is 13.0 Å². The number of rotatable bonds is 5. The standard InChI is InChI=1S/C20H27N3O2/c1-3-25-19-11-17-15(10-18(19)24-2)20(14-7-4-8-16(14)23-17)22-13-6-5-9-21-12-13/h10-11,13,21H,3-9,12H2,1-2H3,(H,22,23)/t13-/m1/s1. The van der Waals surface area contributed by atoms with E-state index in [1.165, 1.54) is 36.2 Å². The molecule has 2 aromatic rings. The first-order valence-corrected chi connectivity index (χ1v) is 9.43. The molecule has 0 saturated carbocycles. The van der Waals surface area contributed by atoms with Crippen molar-refractivity contribution in [1.82, 2.24) is 10.3 Å². The Morgan fingerprint density at radius 2 is 2.16 bits per heavy atom. The number of hydrogen-bond acceptors (Lipinski definition) is 5. The molecule has 1 aromatic carbocycles. The SMILES string of the molecule is CCOc1cc2nc3c(c(N[C@@H]4CCCNC4)c2cc1OC)CCC3. The maximum atomic E-state index is 5.75. The second-order valence-electron chi connectivity index (χ2n) is 6.91. The molecule has 1 atom stereocenters. The van der Waals surface area contributed by atoms with Crippen molar-refractivity contribution < 1.29 is 9.47 Å². The van der Waals surface area contributed by atoms with Crippen LogP contribution in [0.3, 0.4) is 0 Å². The average molecular weight is 341 g/mol. The Morgan fingerprint density at radius 3 is 2.92 bits per heavy atom. The number of fused-ring (bicyclic) bond motifs is 2. The molecule has 25 heavy (non-hydrogen) atoms. The summed E-state index contributed by atoms with van der Waals surface area (Å²) in [4.78, 5) is 4.94. The molecule has 5 nitrogen and oxygen atoms in total.